The molecule has 4 aromatic carbocycles. The first kappa shape index (κ1) is 30.6. The van der Waals surface area contributed by atoms with Gasteiger partial charge in [-0.3, -0.25) is 9.59 Å². The number of para-hydroxylation sites is 2. The number of benzene rings is 4. The van der Waals surface area contributed by atoms with Crippen molar-refractivity contribution in [3.05, 3.63) is 146 Å². The van der Waals surface area contributed by atoms with Gasteiger partial charge in [-0.05, 0) is 60.0 Å². The summed E-state index contributed by atoms with van der Waals surface area (Å²) in [6, 6.07) is 21.5. The molecule has 1 atom stereocenters. The number of carbonyl (C=O) groups is 1. The van der Waals surface area contributed by atoms with Crippen LogP contribution in [0.5, 0.6) is 5.75 Å². The molecule has 6 aromatic rings. The van der Waals surface area contributed by atoms with Gasteiger partial charge in [0.05, 0.1) is 28.1 Å². The molecule has 3 N–H and O–H groups in total. The van der Waals surface area contributed by atoms with Crippen molar-refractivity contribution in [2.75, 3.05) is 6.54 Å². The Kier molecular flexibility index (Phi) is 7.85. The van der Waals surface area contributed by atoms with Crippen molar-refractivity contribution in [1.82, 2.24) is 14.9 Å². The number of aromatic nitrogens is 2. The topological polar surface area (TPSA) is 87.1 Å². The molecule has 0 spiro atoms. The second-order valence-electron chi connectivity index (χ2n) is 10.9. The number of carbonyl (C=O) groups excluding carboxylic acids is 1. The van der Waals surface area contributed by atoms with Gasteiger partial charge in [0.1, 0.15) is 5.75 Å². The fourth-order valence-corrected chi connectivity index (χ4v) is 5.92. The normalized spacial score (nSPS) is 12.5. The molecular weight excluding hydrogens is 605 g/mol. The third-order valence-electron chi connectivity index (χ3n) is 8.16. The average Bonchev–Trinajstić information content (AvgIpc) is 3.40. The van der Waals surface area contributed by atoms with E-state index in [0.29, 0.717) is 38.6 Å². The summed E-state index contributed by atoms with van der Waals surface area (Å²) in [5.74, 6) is -4.66. The Hall–Kier alpha value is -5.45. The molecule has 0 aliphatic carbocycles. The van der Waals surface area contributed by atoms with Gasteiger partial charge in [-0.2, -0.15) is 13.2 Å². The summed E-state index contributed by atoms with van der Waals surface area (Å²) in [5, 5.41) is 15.3. The summed E-state index contributed by atoms with van der Waals surface area (Å²) >= 11 is 0. The van der Waals surface area contributed by atoms with Crippen LogP contribution in [-0.2, 0) is 19.6 Å². The van der Waals surface area contributed by atoms with Crippen molar-refractivity contribution in [2.24, 2.45) is 7.05 Å². The molecule has 0 radical (unpaired) electrons. The Morgan fingerprint density at radius 2 is 1.59 bits per heavy atom. The maximum atomic E-state index is 14.3. The average molecular weight is 632 g/mol. The number of hydrogen-bond donors (Lipinski definition) is 3. The molecular formula is C35H26F5N3O3. The lowest BCUT2D eigenvalue weighted by atomic mass is 9.84. The molecule has 2 heterocycles. The SMILES string of the molecule is Cn1c(=O)c(C(c2ccc(C(F)(F)F)cc2)c2[nH]c3ccccc3c2CCNC(=O)c2cccc(F)c2F)c(O)c2ccccc21. The number of nitrogens with zero attached hydrogens (tertiary/aromatic N) is 1. The lowest BCUT2D eigenvalue weighted by molar-refractivity contribution is -0.137. The van der Waals surface area contributed by atoms with Crippen LogP contribution in [0.1, 0.15) is 44.2 Å². The van der Waals surface area contributed by atoms with Crippen LogP contribution in [-0.4, -0.2) is 27.1 Å². The van der Waals surface area contributed by atoms with Gasteiger partial charge >= 0.3 is 6.18 Å². The van der Waals surface area contributed by atoms with Crippen molar-refractivity contribution >= 4 is 27.7 Å². The Bertz CT molecular complexity index is 2170. The number of amides is 1. The molecule has 6 rings (SSSR count). The lowest BCUT2D eigenvalue weighted by Gasteiger charge is -2.22. The standard InChI is InChI=1S/C35H26F5N3O3/c1-43-27-12-5-3-8-23(27)32(44)29(34(43)46)28(19-13-15-20(16-14-19)35(38,39)40)31-22(21-7-2-4-11-26(21)42-31)17-18-41-33(45)24-9-6-10-25(36)30(24)37/h2-16,28,42,44H,17-18H2,1H3,(H,41,45). The van der Waals surface area contributed by atoms with E-state index < -0.39 is 46.3 Å². The Labute approximate surface area is 258 Å². The quantitative estimate of drug-likeness (QED) is 0.163. The second kappa shape index (κ2) is 11.8. The van der Waals surface area contributed by atoms with E-state index in [0.717, 1.165) is 24.3 Å². The molecule has 11 heteroatoms. The first-order valence-electron chi connectivity index (χ1n) is 14.3. The molecule has 2 aromatic heterocycles. The molecule has 0 fully saturated rings. The van der Waals surface area contributed by atoms with Gasteiger partial charge in [0.15, 0.2) is 11.6 Å². The summed E-state index contributed by atoms with van der Waals surface area (Å²) < 4.78 is 69.9. The maximum Gasteiger partial charge on any atom is 0.416 e. The van der Waals surface area contributed by atoms with Crippen molar-refractivity contribution in [3.63, 3.8) is 0 Å². The predicted octanol–water partition coefficient (Wildman–Crippen LogP) is 7.18. The second-order valence-corrected chi connectivity index (χ2v) is 10.9. The molecule has 0 bridgehead atoms. The lowest BCUT2D eigenvalue weighted by Crippen LogP contribution is -2.28. The maximum absolute atomic E-state index is 14.3. The van der Waals surface area contributed by atoms with Crippen LogP contribution in [0, 0.1) is 11.6 Å². The summed E-state index contributed by atoms with van der Waals surface area (Å²) in [6.07, 6.45) is -4.46. The third-order valence-corrected chi connectivity index (χ3v) is 8.16. The van der Waals surface area contributed by atoms with Gasteiger partial charge in [0.25, 0.3) is 11.5 Å². The highest BCUT2D eigenvalue weighted by atomic mass is 19.4. The van der Waals surface area contributed by atoms with Crippen molar-refractivity contribution < 1.29 is 31.9 Å². The molecule has 1 amide bonds. The van der Waals surface area contributed by atoms with Gasteiger partial charge in [-0.1, -0.05) is 48.5 Å². The number of H-pyrrole nitrogens is 1. The highest BCUT2D eigenvalue weighted by Gasteiger charge is 2.33. The van der Waals surface area contributed by atoms with E-state index in [2.05, 4.69) is 10.3 Å². The van der Waals surface area contributed by atoms with Crippen LogP contribution in [0.15, 0.2) is 95.8 Å². The van der Waals surface area contributed by atoms with E-state index in [1.165, 1.54) is 22.8 Å². The van der Waals surface area contributed by atoms with Crippen LogP contribution < -0.4 is 10.9 Å². The zero-order valence-corrected chi connectivity index (χ0v) is 24.3. The van der Waals surface area contributed by atoms with Gasteiger partial charge in [-0.15, -0.1) is 0 Å². The Morgan fingerprint density at radius 1 is 0.913 bits per heavy atom. The fourth-order valence-electron chi connectivity index (χ4n) is 5.92. The predicted molar refractivity (Wildman–Crippen MR) is 164 cm³/mol. The molecule has 1 unspecified atom stereocenters. The summed E-state index contributed by atoms with van der Waals surface area (Å²) in [4.78, 5) is 30.0. The first-order valence-corrected chi connectivity index (χ1v) is 14.3. The number of alkyl halides is 3. The number of aryl methyl sites for hydroxylation is 1. The van der Waals surface area contributed by atoms with Crippen LogP contribution >= 0.6 is 0 Å². The van der Waals surface area contributed by atoms with E-state index in [-0.39, 0.29) is 24.3 Å². The fraction of sp³-hybridized carbons (Fsp3) is 0.143. The Morgan fingerprint density at radius 3 is 2.30 bits per heavy atom. The number of aromatic hydroxyl groups is 1. The number of nitrogens with one attached hydrogen (secondary N) is 2. The van der Waals surface area contributed by atoms with E-state index in [4.69, 9.17) is 0 Å². The number of fused-ring (bicyclic) bond motifs is 2. The molecule has 0 aliphatic heterocycles. The van der Waals surface area contributed by atoms with Crippen LogP contribution in [0.4, 0.5) is 22.0 Å². The molecule has 0 saturated carbocycles. The van der Waals surface area contributed by atoms with Crippen molar-refractivity contribution in [2.45, 2.75) is 18.5 Å². The summed E-state index contributed by atoms with van der Waals surface area (Å²) in [6.45, 7) is -0.0366. The Balaban J connectivity index is 1.51. The summed E-state index contributed by atoms with van der Waals surface area (Å²) in [5.41, 5.74) is 0.466. The minimum absolute atomic E-state index is 0.0366. The highest BCUT2D eigenvalue weighted by Crippen LogP contribution is 2.42. The number of rotatable bonds is 7. The van der Waals surface area contributed by atoms with Crippen molar-refractivity contribution in [3.8, 4) is 5.75 Å². The van der Waals surface area contributed by atoms with Crippen LogP contribution in [0.2, 0.25) is 0 Å². The van der Waals surface area contributed by atoms with Crippen LogP contribution in [0.25, 0.3) is 21.8 Å². The largest absolute Gasteiger partial charge is 0.507 e. The zero-order chi connectivity index (χ0) is 32.7. The number of hydrogen-bond acceptors (Lipinski definition) is 3. The van der Waals surface area contributed by atoms with E-state index in [9.17, 15) is 36.6 Å². The van der Waals surface area contributed by atoms with E-state index in [1.807, 2.05) is 0 Å². The van der Waals surface area contributed by atoms with Gasteiger partial charge < -0.3 is 20.0 Å². The first-order chi connectivity index (χ1) is 22.0. The third kappa shape index (κ3) is 5.38. The van der Waals surface area contributed by atoms with Gasteiger partial charge in [0, 0.05) is 35.6 Å². The molecule has 234 valence electrons. The minimum Gasteiger partial charge on any atom is -0.507 e. The van der Waals surface area contributed by atoms with Crippen LogP contribution in [0.3, 0.4) is 0 Å². The monoisotopic (exact) mass is 631 g/mol. The molecule has 6 nitrogen and oxygen atoms in total. The number of halogens is 5. The van der Waals surface area contributed by atoms with Crippen molar-refractivity contribution in [1.29, 1.82) is 0 Å². The summed E-state index contributed by atoms with van der Waals surface area (Å²) in [7, 11) is 1.55. The number of pyridine rings is 1. The molecule has 0 aliphatic rings. The van der Waals surface area contributed by atoms with Gasteiger partial charge in [-0.25, -0.2) is 8.78 Å². The smallest absolute Gasteiger partial charge is 0.416 e. The van der Waals surface area contributed by atoms with E-state index >= 15 is 0 Å². The molecule has 0 saturated heterocycles. The molecule has 46 heavy (non-hydrogen) atoms. The highest BCUT2D eigenvalue weighted by molar-refractivity contribution is 5.94. The zero-order valence-electron chi connectivity index (χ0n) is 24.3. The minimum atomic E-state index is -4.60. The van der Waals surface area contributed by atoms with Gasteiger partial charge in [0.2, 0.25) is 0 Å². The number of aromatic amines is 1. The van der Waals surface area contributed by atoms with E-state index in [1.54, 1.807) is 55.6 Å².